The summed E-state index contributed by atoms with van der Waals surface area (Å²) in [6.45, 7) is 7.85. The first kappa shape index (κ1) is 18.9. The lowest BCUT2D eigenvalue weighted by atomic mass is 10.0. The molecule has 0 spiro atoms. The van der Waals surface area contributed by atoms with Gasteiger partial charge in [0, 0.05) is 37.4 Å². The largest absolute Gasteiger partial charge is 0.416 e. The van der Waals surface area contributed by atoms with Gasteiger partial charge in [0.2, 0.25) is 0 Å². The zero-order chi connectivity index (χ0) is 18.7. The molecule has 0 aliphatic carbocycles. The molecular weight excluding hydrogens is 343 g/mol. The van der Waals surface area contributed by atoms with Gasteiger partial charge in [-0.05, 0) is 31.9 Å². The molecule has 2 heterocycles. The molecule has 0 saturated carbocycles. The minimum absolute atomic E-state index is 0.103. The molecule has 1 aromatic heterocycles. The van der Waals surface area contributed by atoms with Crippen molar-refractivity contribution in [3.8, 4) is 0 Å². The van der Waals surface area contributed by atoms with Crippen molar-refractivity contribution in [2.45, 2.75) is 45.6 Å². The van der Waals surface area contributed by atoms with Crippen LogP contribution in [0, 0.1) is 6.92 Å². The van der Waals surface area contributed by atoms with Crippen LogP contribution in [0.5, 0.6) is 0 Å². The van der Waals surface area contributed by atoms with Crippen LogP contribution >= 0.6 is 0 Å². The molecule has 1 fully saturated rings. The number of aromatic nitrogens is 2. The standard InChI is InChI=1S/C19H24F3N3O/c1-3-25-14(2)16(11-23-25)12-24-7-8-26-18(13-24)10-15-5-4-6-17(9-15)19(20,21)22/h4-6,9,11,18H,3,7-8,10,12-13H2,1-2H3/t18-/m0/s1. The Balaban J connectivity index is 1.63. The second-order valence-electron chi connectivity index (χ2n) is 6.70. The second-order valence-corrected chi connectivity index (χ2v) is 6.70. The first-order valence-corrected chi connectivity index (χ1v) is 8.88. The molecule has 0 radical (unpaired) electrons. The molecule has 1 aliphatic rings. The molecule has 142 valence electrons. The summed E-state index contributed by atoms with van der Waals surface area (Å²) in [6.07, 6.45) is -2.04. The molecule has 0 amide bonds. The lowest BCUT2D eigenvalue weighted by Crippen LogP contribution is -2.42. The highest BCUT2D eigenvalue weighted by Gasteiger charge is 2.30. The number of nitrogens with zero attached hydrogens (tertiary/aromatic N) is 3. The van der Waals surface area contributed by atoms with Crippen molar-refractivity contribution >= 4 is 0 Å². The number of ether oxygens (including phenoxy) is 1. The van der Waals surface area contributed by atoms with Gasteiger partial charge in [-0.25, -0.2) is 0 Å². The van der Waals surface area contributed by atoms with E-state index < -0.39 is 11.7 Å². The van der Waals surface area contributed by atoms with E-state index in [4.69, 9.17) is 4.74 Å². The fourth-order valence-electron chi connectivity index (χ4n) is 3.39. The van der Waals surface area contributed by atoms with Crippen LogP contribution in [-0.2, 0) is 30.4 Å². The van der Waals surface area contributed by atoms with Crippen molar-refractivity contribution in [2.24, 2.45) is 0 Å². The third-order valence-corrected chi connectivity index (χ3v) is 4.84. The highest BCUT2D eigenvalue weighted by Crippen LogP contribution is 2.30. The molecule has 1 aliphatic heterocycles. The van der Waals surface area contributed by atoms with Gasteiger partial charge in [0.1, 0.15) is 0 Å². The Hall–Kier alpha value is -1.86. The van der Waals surface area contributed by atoms with Crippen molar-refractivity contribution in [3.63, 3.8) is 0 Å². The predicted molar refractivity (Wildman–Crippen MR) is 92.8 cm³/mol. The topological polar surface area (TPSA) is 30.3 Å². The fraction of sp³-hybridized carbons (Fsp3) is 0.526. The van der Waals surface area contributed by atoms with Gasteiger partial charge >= 0.3 is 6.18 Å². The summed E-state index contributed by atoms with van der Waals surface area (Å²) in [5.41, 5.74) is 2.40. The average molecular weight is 367 g/mol. The maximum atomic E-state index is 12.9. The van der Waals surface area contributed by atoms with Gasteiger partial charge in [0.05, 0.1) is 24.5 Å². The summed E-state index contributed by atoms with van der Waals surface area (Å²) in [5, 5.41) is 4.37. The number of rotatable bonds is 5. The van der Waals surface area contributed by atoms with Crippen molar-refractivity contribution in [1.29, 1.82) is 0 Å². The maximum Gasteiger partial charge on any atom is 0.416 e. The van der Waals surface area contributed by atoms with E-state index in [2.05, 4.69) is 23.8 Å². The fourth-order valence-corrected chi connectivity index (χ4v) is 3.39. The second kappa shape index (κ2) is 7.80. The van der Waals surface area contributed by atoms with E-state index in [1.807, 2.05) is 10.9 Å². The van der Waals surface area contributed by atoms with Gasteiger partial charge in [0.15, 0.2) is 0 Å². The molecule has 0 N–H and O–H groups in total. The van der Waals surface area contributed by atoms with Crippen LogP contribution in [0.4, 0.5) is 13.2 Å². The van der Waals surface area contributed by atoms with Crippen LogP contribution in [0.2, 0.25) is 0 Å². The minimum atomic E-state index is -4.31. The van der Waals surface area contributed by atoms with Crippen molar-refractivity contribution in [1.82, 2.24) is 14.7 Å². The van der Waals surface area contributed by atoms with Crippen molar-refractivity contribution < 1.29 is 17.9 Å². The molecular formula is C19H24F3N3O. The van der Waals surface area contributed by atoms with Gasteiger partial charge in [-0.1, -0.05) is 18.2 Å². The smallest absolute Gasteiger partial charge is 0.375 e. The Kier molecular flexibility index (Phi) is 5.67. The Morgan fingerprint density at radius 1 is 1.31 bits per heavy atom. The Morgan fingerprint density at radius 3 is 2.81 bits per heavy atom. The third kappa shape index (κ3) is 4.45. The van der Waals surface area contributed by atoms with E-state index in [0.717, 1.165) is 31.4 Å². The van der Waals surface area contributed by atoms with Gasteiger partial charge < -0.3 is 4.74 Å². The van der Waals surface area contributed by atoms with Crippen molar-refractivity contribution in [3.05, 3.63) is 52.8 Å². The maximum absolute atomic E-state index is 12.9. The van der Waals surface area contributed by atoms with Crippen molar-refractivity contribution in [2.75, 3.05) is 19.7 Å². The van der Waals surface area contributed by atoms with E-state index in [-0.39, 0.29) is 6.10 Å². The first-order valence-electron chi connectivity index (χ1n) is 8.88. The first-order chi connectivity index (χ1) is 12.4. The van der Waals surface area contributed by atoms with Crippen LogP contribution in [0.3, 0.4) is 0 Å². The lowest BCUT2D eigenvalue weighted by Gasteiger charge is -2.33. The molecule has 1 saturated heterocycles. The Labute approximate surface area is 151 Å². The van der Waals surface area contributed by atoms with E-state index >= 15 is 0 Å². The van der Waals surface area contributed by atoms with Gasteiger partial charge in [-0.3, -0.25) is 9.58 Å². The van der Waals surface area contributed by atoms with Crippen LogP contribution in [0.1, 0.15) is 29.3 Å². The molecule has 1 aromatic carbocycles. The monoisotopic (exact) mass is 367 g/mol. The molecule has 0 bridgehead atoms. The van der Waals surface area contributed by atoms with Crippen LogP contribution in [-0.4, -0.2) is 40.5 Å². The molecule has 3 rings (SSSR count). The summed E-state index contributed by atoms with van der Waals surface area (Å²) in [4.78, 5) is 2.28. The SMILES string of the molecule is CCn1ncc(CN2CCO[C@@H](Cc3cccc(C(F)(F)F)c3)C2)c1C. The van der Waals surface area contributed by atoms with Gasteiger partial charge in [-0.2, -0.15) is 18.3 Å². The number of hydrogen-bond donors (Lipinski definition) is 0. The van der Waals surface area contributed by atoms with E-state index in [1.54, 1.807) is 6.07 Å². The normalized spacial score (nSPS) is 19.0. The quantitative estimate of drug-likeness (QED) is 0.808. The summed E-state index contributed by atoms with van der Waals surface area (Å²) in [7, 11) is 0. The summed E-state index contributed by atoms with van der Waals surface area (Å²) in [5.74, 6) is 0. The average Bonchev–Trinajstić information content (AvgIpc) is 2.95. The molecule has 0 unspecified atom stereocenters. The van der Waals surface area contributed by atoms with E-state index in [0.29, 0.717) is 25.1 Å². The van der Waals surface area contributed by atoms with Crippen LogP contribution < -0.4 is 0 Å². The van der Waals surface area contributed by atoms with Gasteiger partial charge in [0.25, 0.3) is 0 Å². The zero-order valence-electron chi connectivity index (χ0n) is 15.1. The van der Waals surface area contributed by atoms with Crippen LogP contribution in [0.25, 0.3) is 0 Å². The predicted octanol–water partition coefficient (Wildman–Crippen LogP) is 3.67. The highest BCUT2D eigenvalue weighted by atomic mass is 19.4. The number of halogens is 3. The third-order valence-electron chi connectivity index (χ3n) is 4.84. The Morgan fingerprint density at radius 2 is 2.12 bits per heavy atom. The molecule has 7 heteroatoms. The highest BCUT2D eigenvalue weighted by molar-refractivity contribution is 5.26. The molecule has 2 aromatic rings. The molecule has 1 atom stereocenters. The number of benzene rings is 1. The molecule has 26 heavy (non-hydrogen) atoms. The molecule has 4 nitrogen and oxygen atoms in total. The zero-order valence-corrected chi connectivity index (χ0v) is 15.1. The number of aryl methyl sites for hydroxylation is 1. The summed E-state index contributed by atoms with van der Waals surface area (Å²) < 4.78 is 46.4. The number of alkyl halides is 3. The number of morpholine rings is 1. The summed E-state index contributed by atoms with van der Waals surface area (Å²) in [6, 6.07) is 5.51. The van der Waals surface area contributed by atoms with Gasteiger partial charge in [-0.15, -0.1) is 0 Å². The number of hydrogen-bond acceptors (Lipinski definition) is 3. The Bertz CT molecular complexity index is 742. The van der Waals surface area contributed by atoms with Crippen LogP contribution in [0.15, 0.2) is 30.5 Å². The van der Waals surface area contributed by atoms with E-state index in [1.165, 1.54) is 17.7 Å². The van der Waals surface area contributed by atoms with E-state index in [9.17, 15) is 13.2 Å². The lowest BCUT2D eigenvalue weighted by molar-refractivity contribution is -0.137. The summed E-state index contributed by atoms with van der Waals surface area (Å²) >= 11 is 0. The minimum Gasteiger partial charge on any atom is -0.375 e.